The molecule has 0 fully saturated rings. The Morgan fingerprint density at radius 2 is 1.84 bits per heavy atom. The second-order valence-corrected chi connectivity index (χ2v) is 6.92. The lowest BCUT2D eigenvalue weighted by Gasteiger charge is -2.22. The highest BCUT2D eigenvalue weighted by Gasteiger charge is 2.42. The Labute approximate surface area is 150 Å². The summed E-state index contributed by atoms with van der Waals surface area (Å²) in [6, 6.07) is 13.7. The van der Waals surface area contributed by atoms with Gasteiger partial charge in [-0.05, 0) is 59.9 Å². The average Bonchev–Trinajstić information content (AvgIpc) is 2.86. The number of carbonyl (C=O) groups is 1. The molecular formula is C20H16ClN3O. The van der Waals surface area contributed by atoms with Gasteiger partial charge in [0.15, 0.2) is 0 Å². The number of nitrogens with zero attached hydrogens (tertiary/aromatic N) is 2. The van der Waals surface area contributed by atoms with E-state index >= 15 is 0 Å². The lowest BCUT2D eigenvalue weighted by molar-refractivity contribution is -0.120. The van der Waals surface area contributed by atoms with Crippen molar-refractivity contribution in [2.24, 2.45) is 0 Å². The highest BCUT2D eigenvalue weighted by Crippen LogP contribution is 2.42. The molecule has 3 aromatic rings. The number of aromatic nitrogens is 2. The zero-order chi connectivity index (χ0) is 17.4. The van der Waals surface area contributed by atoms with E-state index in [1.54, 1.807) is 12.4 Å². The Kier molecular flexibility index (Phi) is 3.77. The first-order chi connectivity index (χ1) is 12.1. The van der Waals surface area contributed by atoms with Crippen molar-refractivity contribution in [1.82, 2.24) is 9.97 Å². The Balaban J connectivity index is 1.78. The quantitative estimate of drug-likeness (QED) is 0.769. The lowest BCUT2D eigenvalue weighted by Crippen LogP contribution is -2.33. The molecule has 1 unspecified atom stereocenters. The largest absolute Gasteiger partial charge is 0.325 e. The third kappa shape index (κ3) is 2.79. The maximum Gasteiger partial charge on any atom is 0.235 e. The molecule has 124 valence electrons. The molecule has 1 aliphatic heterocycles. The van der Waals surface area contributed by atoms with E-state index in [4.69, 9.17) is 11.6 Å². The van der Waals surface area contributed by atoms with Gasteiger partial charge in [0.05, 0.1) is 5.41 Å². The molecule has 1 amide bonds. The summed E-state index contributed by atoms with van der Waals surface area (Å²) >= 11 is 6.12. The highest BCUT2D eigenvalue weighted by molar-refractivity contribution is 6.30. The number of benzene rings is 2. The number of carbonyl (C=O) groups excluding carboxylic acids is 1. The molecular weight excluding hydrogens is 334 g/mol. The van der Waals surface area contributed by atoms with Crippen LogP contribution in [0.5, 0.6) is 0 Å². The van der Waals surface area contributed by atoms with Gasteiger partial charge in [-0.3, -0.25) is 4.79 Å². The van der Waals surface area contributed by atoms with Crippen molar-refractivity contribution in [3.63, 3.8) is 0 Å². The van der Waals surface area contributed by atoms with E-state index in [-0.39, 0.29) is 5.91 Å². The number of amides is 1. The van der Waals surface area contributed by atoms with Crippen molar-refractivity contribution >= 4 is 23.2 Å². The van der Waals surface area contributed by atoms with E-state index in [0.717, 1.165) is 27.9 Å². The number of nitrogens with one attached hydrogen (secondary N) is 1. The van der Waals surface area contributed by atoms with Gasteiger partial charge in [0.2, 0.25) is 5.91 Å². The molecule has 0 aliphatic carbocycles. The Morgan fingerprint density at radius 1 is 1.08 bits per heavy atom. The molecule has 0 spiro atoms. The summed E-state index contributed by atoms with van der Waals surface area (Å²) in [4.78, 5) is 20.8. The van der Waals surface area contributed by atoms with E-state index in [2.05, 4.69) is 21.4 Å². The van der Waals surface area contributed by atoms with Gasteiger partial charge in [-0.15, -0.1) is 0 Å². The monoisotopic (exact) mass is 349 g/mol. The van der Waals surface area contributed by atoms with Gasteiger partial charge in [-0.2, -0.15) is 0 Å². The van der Waals surface area contributed by atoms with Crippen LogP contribution in [-0.4, -0.2) is 15.9 Å². The first kappa shape index (κ1) is 15.8. The van der Waals surface area contributed by atoms with Crippen LogP contribution in [-0.2, 0) is 16.6 Å². The summed E-state index contributed by atoms with van der Waals surface area (Å²) in [7, 11) is 0. The zero-order valence-electron chi connectivity index (χ0n) is 13.7. The third-order valence-corrected chi connectivity index (χ3v) is 4.93. The van der Waals surface area contributed by atoms with Crippen molar-refractivity contribution < 1.29 is 4.79 Å². The summed E-state index contributed by atoms with van der Waals surface area (Å²) < 4.78 is 0. The number of halogens is 1. The minimum absolute atomic E-state index is 0.00500. The first-order valence-corrected chi connectivity index (χ1v) is 8.40. The Hall–Kier alpha value is -2.72. The van der Waals surface area contributed by atoms with Crippen LogP contribution in [0.15, 0.2) is 61.2 Å². The smallest absolute Gasteiger partial charge is 0.235 e. The SMILES string of the molecule is CC1(Cc2cncnc2)C(=O)Nc2ccc(-c3cccc(Cl)c3)cc21. The molecule has 25 heavy (non-hydrogen) atoms. The second kappa shape index (κ2) is 5.97. The van der Waals surface area contributed by atoms with E-state index in [9.17, 15) is 4.79 Å². The van der Waals surface area contributed by atoms with Crippen LogP contribution in [0.2, 0.25) is 5.02 Å². The Bertz CT molecular complexity index is 958. The predicted molar refractivity (Wildman–Crippen MR) is 98.6 cm³/mol. The minimum atomic E-state index is -0.658. The van der Waals surface area contributed by atoms with Crippen LogP contribution in [0.25, 0.3) is 11.1 Å². The lowest BCUT2D eigenvalue weighted by atomic mass is 9.78. The second-order valence-electron chi connectivity index (χ2n) is 6.48. The molecule has 1 aliphatic rings. The van der Waals surface area contributed by atoms with Crippen molar-refractivity contribution in [2.45, 2.75) is 18.8 Å². The summed E-state index contributed by atoms with van der Waals surface area (Å²) in [5.41, 5.74) is 4.18. The summed E-state index contributed by atoms with van der Waals surface area (Å²) in [6.07, 6.45) is 5.55. The van der Waals surface area contributed by atoms with Crippen molar-refractivity contribution in [1.29, 1.82) is 0 Å². The van der Waals surface area contributed by atoms with E-state index in [1.165, 1.54) is 6.33 Å². The number of fused-ring (bicyclic) bond motifs is 1. The van der Waals surface area contributed by atoms with Gasteiger partial charge in [-0.1, -0.05) is 29.8 Å². The van der Waals surface area contributed by atoms with Crippen molar-refractivity contribution in [3.05, 3.63) is 77.3 Å². The van der Waals surface area contributed by atoms with Gasteiger partial charge < -0.3 is 5.32 Å². The fraction of sp³-hybridized carbons (Fsp3) is 0.150. The molecule has 4 rings (SSSR count). The van der Waals surface area contributed by atoms with Crippen LogP contribution >= 0.6 is 11.6 Å². The van der Waals surface area contributed by atoms with Crippen LogP contribution in [0.4, 0.5) is 5.69 Å². The molecule has 4 nitrogen and oxygen atoms in total. The van der Waals surface area contributed by atoms with Crippen LogP contribution in [0.1, 0.15) is 18.1 Å². The van der Waals surface area contributed by atoms with E-state index in [0.29, 0.717) is 11.4 Å². The van der Waals surface area contributed by atoms with E-state index < -0.39 is 5.41 Å². The maximum absolute atomic E-state index is 12.7. The zero-order valence-corrected chi connectivity index (χ0v) is 14.4. The first-order valence-electron chi connectivity index (χ1n) is 8.02. The molecule has 2 aromatic carbocycles. The fourth-order valence-electron chi connectivity index (χ4n) is 3.34. The van der Waals surface area contributed by atoms with Crippen molar-refractivity contribution in [3.8, 4) is 11.1 Å². The fourth-order valence-corrected chi connectivity index (χ4v) is 3.54. The Morgan fingerprint density at radius 3 is 2.60 bits per heavy atom. The molecule has 0 saturated carbocycles. The van der Waals surface area contributed by atoms with Gasteiger partial charge in [0.25, 0.3) is 0 Å². The predicted octanol–water partition coefficient (Wildman–Crippen LogP) is 4.25. The number of hydrogen-bond acceptors (Lipinski definition) is 3. The summed E-state index contributed by atoms with van der Waals surface area (Å²) in [5.74, 6) is -0.00500. The van der Waals surface area contributed by atoms with Gasteiger partial charge in [-0.25, -0.2) is 9.97 Å². The van der Waals surface area contributed by atoms with Crippen LogP contribution in [0.3, 0.4) is 0 Å². The molecule has 0 radical (unpaired) electrons. The van der Waals surface area contributed by atoms with E-state index in [1.807, 2.05) is 43.3 Å². The molecule has 0 bridgehead atoms. The molecule has 5 heteroatoms. The standard InChI is InChI=1S/C20H16ClN3O/c1-20(9-13-10-22-12-23-11-13)17-8-15(5-6-18(17)24-19(20)25)14-3-2-4-16(21)7-14/h2-8,10-12H,9H2,1H3,(H,24,25). The van der Waals surface area contributed by atoms with Gasteiger partial charge in [0, 0.05) is 23.1 Å². The normalized spacial score (nSPS) is 18.7. The molecule has 2 heterocycles. The molecule has 1 N–H and O–H groups in total. The number of anilines is 1. The molecule has 1 aromatic heterocycles. The summed E-state index contributed by atoms with van der Waals surface area (Å²) in [5, 5.41) is 3.68. The minimum Gasteiger partial charge on any atom is -0.325 e. The number of hydrogen-bond donors (Lipinski definition) is 1. The number of rotatable bonds is 3. The van der Waals surface area contributed by atoms with Gasteiger partial charge >= 0.3 is 0 Å². The van der Waals surface area contributed by atoms with Crippen LogP contribution < -0.4 is 5.32 Å². The van der Waals surface area contributed by atoms with Gasteiger partial charge in [0.1, 0.15) is 6.33 Å². The summed E-state index contributed by atoms with van der Waals surface area (Å²) in [6.45, 7) is 1.96. The third-order valence-electron chi connectivity index (χ3n) is 4.69. The van der Waals surface area contributed by atoms with Crippen LogP contribution in [0, 0.1) is 0 Å². The molecule has 1 atom stereocenters. The van der Waals surface area contributed by atoms with Crippen molar-refractivity contribution in [2.75, 3.05) is 5.32 Å². The maximum atomic E-state index is 12.7. The topological polar surface area (TPSA) is 54.9 Å². The molecule has 0 saturated heterocycles. The highest BCUT2D eigenvalue weighted by atomic mass is 35.5. The average molecular weight is 350 g/mol.